The average Bonchev–Trinajstić information content (AvgIpc) is 2.45. The van der Waals surface area contributed by atoms with Crippen molar-refractivity contribution < 1.29 is 4.74 Å². The highest BCUT2D eigenvalue weighted by atomic mass is 79.9. The number of ether oxygens (including phenoxy) is 1. The number of nitrogens with two attached hydrogens (primary N) is 1. The third-order valence-electron chi connectivity index (χ3n) is 4.64. The summed E-state index contributed by atoms with van der Waals surface area (Å²) in [6.07, 6.45) is 3.11. The van der Waals surface area contributed by atoms with Crippen LogP contribution in [0.2, 0.25) is 0 Å². The number of pyridine rings is 1. The molecule has 4 nitrogen and oxygen atoms in total. The first kappa shape index (κ1) is 14.6. The maximum atomic E-state index is 6.06. The molecule has 3 rings (SSSR count). The molecule has 0 aliphatic heterocycles. The standard InChI is InChI=1S/C16H20BrN3O/c1-16(2)13(7-14(16)21-3)20-12-5-4-11(18)10-6-9(17)8-19-15(10)12/h4-6,8,13-14,20H,7,18H2,1-3H3. The van der Waals surface area contributed by atoms with E-state index in [1.54, 1.807) is 13.3 Å². The second-order valence-corrected chi connectivity index (χ2v) is 7.15. The molecule has 1 aliphatic carbocycles. The van der Waals surface area contributed by atoms with E-state index >= 15 is 0 Å². The predicted octanol–water partition coefficient (Wildman–Crippen LogP) is 3.80. The number of rotatable bonds is 3. The predicted molar refractivity (Wildman–Crippen MR) is 90.5 cm³/mol. The molecular formula is C16H20BrN3O. The summed E-state index contributed by atoms with van der Waals surface area (Å²) in [5.74, 6) is 0. The summed E-state index contributed by atoms with van der Waals surface area (Å²) >= 11 is 3.45. The number of halogens is 1. The first-order valence-electron chi connectivity index (χ1n) is 7.06. The minimum Gasteiger partial charge on any atom is -0.398 e. The lowest BCUT2D eigenvalue weighted by Crippen LogP contribution is -2.57. The normalized spacial score (nSPS) is 23.8. The molecule has 2 atom stereocenters. The van der Waals surface area contributed by atoms with Gasteiger partial charge in [0, 0.05) is 40.3 Å². The van der Waals surface area contributed by atoms with Gasteiger partial charge >= 0.3 is 0 Å². The molecule has 0 amide bonds. The molecule has 1 aromatic heterocycles. The molecule has 1 fully saturated rings. The summed E-state index contributed by atoms with van der Waals surface area (Å²) in [4.78, 5) is 4.52. The molecule has 0 bridgehead atoms. The smallest absolute Gasteiger partial charge is 0.0954 e. The van der Waals surface area contributed by atoms with Crippen LogP contribution in [0, 0.1) is 5.41 Å². The van der Waals surface area contributed by atoms with Gasteiger partial charge in [0.15, 0.2) is 0 Å². The van der Waals surface area contributed by atoms with E-state index in [0.29, 0.717) is 12.1 Å². The van der Waals surface area contributed by atoms with Gasteiger partial charge in [-0.15, -0.1) is 0 Å². The van der Waals surface area contributed by atoms with Crippen LogP contribution in [0.4, 0.5) is 11.4 Å². The SMILES string of the molecule is COC1CC(Nc2ccc(N)c3cc(Br)cnc23)C1(C)C. The molecule has 1 aliphatic rings. The Labute approximate surface area is 133 Å². The highest BCUT2D eigenvalue weighted by Gasteiger charge is 2.48. The van der Waals surface area contributed by atoms with E-state index in [4.69, 9.17) is 10.5 Å². The summed E-state index contributed by atoms with van der Waals surface area (Å²) in [5, 5.41) is 4.58. The zero-order valence-corrected chi connectivity index (χ0v) is 14.1. The quantitative estimate of drug-likeness (QED) is 0.827. The van der Waals surface area contributed by atoms with E-state index in [1.165, 1.54) is 0 Å². The molecule has 5 heteroatoms. The van der Waals surface area contributed by atoms with E-state index in [0.717, 1.165) is 33.2 Å². The Hall–Kier alpha value is -1.33. The first-order valence-corrected chi connectivity index (χ1v) is 7.86. The minimum atomic E-state index is 0.109. The van der Waals surface area contributed by atoms with Crippen molar-refractivity contribution in [2.45, 2.75) is 32.4 Å². The van der Waals surface area contributed by atoms with Crippen LogP contribution in [-0.2, 0) is 4.74 Å². The van der Waals surface area contributed by atoms with E-state index in [1.807, 2.05) is 18.2 Å². The lowest BCUT2D eigenvalue weighted by atomic mass is 9.64. The molecule has 1 heterocycles. The fourth-order valence-electron chi connectivity index (χ4n) is 3.05. The number of fused-ring (bicyclic) bond motifs is 1. The van der Waals surface area contributed by atoms with E-state index in [-0.39, 0.29) is 5.41 Å². The van der Waals surface area contributed by atoms with Crippen LogP contribution in [0.1, 0.15) is 20.3 Å². The van der Waals surface area contributed by atoms with Gasteiger partial charge in [-0.2, -0.15) is 0 Å². The van der Waals surface area contributed by atoms with Crippen LogP contribution < -0.4 is 11.1 Å². The van der Waals surface area contributed by atoms with Crippen molar-refractivity contribution in [3.05, 3.63) is 28.9 Å². The van der Waals surface area contributed by atoms with Crippen molar-refractivity contribution in [3.63, 3.8) is 0 Å². The molecule has 21 heavy (non-hydrogen) atoms. The van der Waals surface area contributed by atoms with Gasteiger partial charge in [0.25, 0.3) is 0 Å². The second kappa shape index (κ2) is 5.14. The number of hydrogen-bond acceptors (Lipinski definition) is 4. The van der Waals surface area contributed by atoms with Gasteiger partial charge in [0.1, 0.15) is 0 Å². The van der Waals surface area contributed by atoms with Crippen LogP contribution in [0.15, 0.2) is 28.9 Å². The molecule has 2 aromatic rings. The van der Waals surface area contributed by atoms with Crippen molar-refractivity contribution in [2.24, 2.45) is 5.41 Å². The monoisotopic (exact) mass is 349 g/mol. The maximum Gasteiger partial charge on any atom is 0.0954 e. The Kier molecular flexibility index (Phi) is 3.58. The zero-order chi connectivity index (χ0) is 15.2. The summed E-state index contributed by atoms with van der Waals surface area (Å²) < 4.78 is 6.44. The number of nitrogens with one attached hydrogen (secondary N) is 1. The summed E-state index contributed by atoms with van der Waals surface area (Å²) in [7, 11) is 1.78. The number of anilines is 2. The van der Waals surface area contributed by atoms with Crippen LogP contribution >= 0.6 is 15.9 Å². The van der Waals surface area contributed by atoms with Crippen LogP contribution in [0.5, 0.6) is 0 Å². The largest absolute Gasteiger partial charge is 0.398 e. The summed E-state index contributed by atoms with van der Waals surface area (Å²) in [6.45, 7) is 4.46. The Morgan fingerprint density at radius 3 is 2.86 bits per heavy atom. The van der Waals surface area contributed by atoms with Gasteiger partial charge in [0.05, 0.1) is 17.3 Å². The van der Waals surface area contributed by atoms with Gasteiger partial charge in [-0.25, -0.2) is 0 Å². The molecule has 1 aromatic carbocycles. The van der Waals surface area contributed by atoms with Crippen LogP contribution in [0.25, 0.3) is 10.9 Å². The molecule has 0 spiro atoms. The highest BCUT2D eigenvalue weighted by Crippen LogP contribution is 2.44. The minimum absolute atomic E-state index is 0.109. The molecule has 1 saturated carbocycles. The molecule has 0 radical (unpaired) electrons. The highest BCUT2D eigenvalue weighted by molar-refractivity contribution is 9.10. The molecule has 112 valence electrons. The van der Waals surface area contributed by atoms with Gasteiger partial charge in [-0.1, -0.05) is 13.8 Å². The molecule has 2 unspecified atom stereocenters. The fraction of sp³-hybridized carbons (Fsp3) is 0.438. The van der Waals surface area contributed by atoms with Gasteiger partial charge in [0.2, 0.25) is 0 Å². The van der Waals surface area contributed by atoms with Crippen molar-refractivity contribution in [1.29, 1.82) is 0 Å². The van der Waals surface area contributed by atoms with E-state index in [2.05, 4.69) is 40.1 Å². The first-order chi connectivity index (χ1) is 9.93. The topological polar surface area (TPSA) is 60.2 Å². The maximum absolute atomic E-state index is 6.06. The van der Waals surface area contributed by atoms with Gasteiger partial charge < -0.3 is 15.8 Å². The van der Waals surface area contributed by atoms with Crippen LogP contribution in [-0.4, -0.2) is 24.2 Å². The van der Waals surface area contributed by atoms with Crippen molar-refractivity contribution in [2.75, 3.05) is 18.2 Å². The van der Waals surface area contributed by atoms with Gasteiger partial charge in [-0.05, 0) is 40.5 Å². The molecular weight excluding hydrogens is 330 g/mol. The number of nitrogens with zero attached hydrogens (tertiary/aromatic N) is 1. The molecule has 0 saturated heterocycles. The van der Waals surface area contributed by atoms with Crippen molar-refractivity contribution in [1.82, 2.24) is 4.98 Å². The Morgan fingerprint density at radius 2 is 2.19 bits per heavy atom. The van der Waals surface area contributed by atoms with E-state index < -0.39 is 0 Å². The molecule has 3 N–H and O–H groups in total. The Bertz CT molecular complexity index is 687. The van der Waals surface area contributed by atoms with Crippen molar-refractivity contribution in [3.8, 4) is 0 Å². The van der Waals surface area contributed by atoms with Crippen LogP contribution in [0.3, 0.4) is 0 Å². The van der Waals surface area contributed by atoms with Gasteiger partial charge in [-0.3, -0.25) is 4.98 Å². The average molecular weight is 350 g/mol. The number of hydrogen-bond donors (Lipinski definition) is 2. The third kappa shape index (κ3) is 2.38. The zero-order valence-electron chi connectivity index (χ0n) is 12.5. The lowest BCUT2D eigenvalue weighted by molar-refractivity contribution is -0.0794. The van der Waals surface area contributed by atoms with Crippen molar-refractivity contribution >= 4 is 38.2 Å². The number of aromatic nitrogens is 1. The third-order valence-corrected chi connectivity index (χ3v) is 5.08. The number of nitrogen functional groups attached to an aromatic ring is 1. The summed E-state index contributed by atoms with van der Waals surface area (Å²) in [5.41, 5.74) is 8.85. The summed E-state index contributed by atoms with van der Waals surface area (Å²) in [6, 6.07) is 6.32. The Morgan fingerprint density at radius 1 is 1.43 bits per heavy atom. The second-order valence-electron chi connectivity index (χ2n) is 6.23. The lowest BCUT2D eigenvalue weighted by Gasteiger charge is -2.51. The fourth-order valence-corrected chi connectivity index (χ4v) is 3.38. The number of benzene rings is 1. The van der Waals surface area contributed by atoms with E-state index in [9.17, 15) is 0 Å². The number of methoxy groups -OCH3 is 1. The Balaban J connectivity index is 1.94.